The minimum absolute atomic E-state index is 0.0100. The normalized spacial score (nSPS) is 16.2. The molecule has 0 saturated heterocycles. The summed E-state index contributed by atoms with van der Waals surface area (Å²) in [6, 6.07) is 0. The van der Waals surface area contributed by atoms with Gasteiger partial charge in [-0.05, 0) is 32.1 Å². The quantitative estimate of drug-likeness (QED) is 0.375. The van der Waals surface area contributed by atoms with E-state index in [1.807, 2.05) is 34.6 Å². The van der Waals surface area contributed by atoms with Gasteiger partial charge in [0.15, 0.2) is 0 Å². The molecule has 2 unspecified atom stereocenters. The van der Waals surface area contributed by atoms with Crippen LogP contribution in [0.1, 0.15) is 61.3 Å². The SMILES string of the molecule is BNC(=O)C(C)(C)CC(C)(C)C(C)C(O)NC(C)(C)CCO. The lowest BCUT2D eigenvalue weighted by atomic mass is 9.67. The van der Waals surface area contributed by atoms with Crippen molar-refractivity contribution in [3.63, 3.8) is 0 Å². The first-order valence-electron chi connectivity index (χ1n) is 8.08. The first-order valence-corrected chi connectivity index (χ1v) is 8.08. The van der Waals surface area contributed by atoms with Crippen LogP contribution in [0, 0.1) is 16.7 Å². The second kappa shape index (κ2) is 7.80. The van der Waals surface area contributed by atoms with Crippen LogP contribution >= 0.6 is 0 Å². The predicted molar refractivity (Wildman–Crippen MR) is 93.0 cm³/mol. The molecule has 0 bridgehead atoms. The summed E-state index contributed by atoms with van der Waals surface area (Å²) in [5.74, 6) is -0.0368. The third kappa shape index (κ3) is 6.27. The van der Waals surface area contributed by atoms with E-state index in [2.05, 4.69) is 24.4 Å². The summed E-state index contributed by atoms with van der Waals surface area (Å²) < 4.78 is 0. The van der Waals surface area contributed by atoms with Crippen molar-refractivity contribution in [1.29, 1.82) is 0 Å². The topological polar surface area (TPSA) is 81.6 Å². The van der Waals surface area contributed by atoms with Crippen LogP contribution in [-0.4, -0.2) is 42.5 Å². The molecule has 0 aromatic rings. The summed E-state index contributed by atoms with van der Waals surface area (Å²) >= 11 is 0. The fourth-order valence-corrected chi connectivity index (χ4v) is 3.02. The van der Waals surface area contributed by atoms with Crippen molar-refractivity contribution >= 4 is 13.9 Å². The number of hydrogen-bond acceptors (Lipinski definition) is 4. The van der Waals surface area contributed by atoms with Gasteiger partial charge < -0.3 is 15.4 Å². The van der Waals surface area contributed by atoms with Gasteiger partial charge in [-0.1, -0.05) is 34.6 Å². The van der Waals surface area contributed by atoms with Gasteiger partial charge in [0.2, 0.25) is 13.9 Å². The van der Waals surface area contributed by atoms with Gasteiger partial charge >= 0.3 is 0 Å². The molecule has 0 aromatic heterocycles. The van der Waals surface area contributed by atoms with Gasteiger partial charge in [0.05, 0.1) is 0 Å². The number of carbonyl (C=O) groups is 1. The molecule has 5 nitrogen and oxygen atoms in total. The first kappa shape index (κ1) is 21.4. The van der Waals surface area contributed by atoms with E-state index < -0.39 is 11.6 Å². The predicted octanol–water partition coefficient (Wildman–Crippen LogP) is 0.798. The lowest BCUT2D eigenvalue weighted by molar-refractivity contribution is -0.130. The third-order valence-electron chi connectivity index (χ3n) is 4.72. The van der Waals surface area contributed by atoms with E-state index >= 15 is 0 Å². The molecule has 0 fully saturated rings. The van der Waals surface area contributed by atoms with E-state index in [9.17, 15) is 9.90 Å². The molecule has 0 saturated carbocycles. The first-order chi connectivity index (χ1) is 9.79. The van der Waals surface area contributed by atoms with Gasteiger partial charge in [-0.3, -0.25) is 10.1 Å². The maximum atomic E-state index is 12.0. The van der Waals surface area contributed by atoms with Crippen LogP contribution in [0.4, 0.5) is 0 Å². The Morgan fingerprint density at radius 1 is 1.18 bits per heavy atom. The van der Waals surface area contributed by atoms with Crippen molar-refractivity contribution in [2.75, 3.05) is 6.61 Å². The van der Waals surface area contributed by atoms with Gasteiger partial charge in [0.1, 0.15) is 6.23 Å². The van der Waals surface area contributed by atoms with E-state index in [0.717, 1.165) is 0 Å². The molecule has 1 amide bonds. The fourth-order valence-electron chi connectivity index (χ4n) is 3.02. The van der Waals surface area contributed by atoms with Crippen LogP contribution in [0.3, 0.4) is 0 Å². The van der Waals surface area contributed by atoms with E-state index in [1.54, 1.807) is 7.98 Å². The fraction of sp³-hybridized carbons (Fsp3) is 0.938. The number of aliphatic hydroxyl groups is 2. The molecule has 0 aromatic carbocycles. The van der Waals surface area contributed by atoms with Crippen LogP contribution in [-0.2, 0) is 4.79 Å². The maximum absolute atomic E-state index is 12.0. The van der Waals surface area contributed by atoms with Gasteiger partial charge in [0, 0.05) is 23.5 Å². The molecule has 6 heteroatoms. The Balaban J connectivity index is 4.94. The van der Waals surface area contributed by atoms with Crippen molar-refractivity contribution in [3.05, 3.63) is 0 Å². The van der Waals surface area contributed by atoms with Crippen LogP contribution in [0.5, 0.6) is 0 Å². The number of amides is 1. The summed E-state index contributed by atoms with van der Waals surface area (Å²) in [7, 11) is 1.65. The highest BCUT2D eigenvalue weighted by Crippen LogP contribution is 2.40. The summed E-state index contributed by atoms with van der Waals surface area (Å²) in [6.07, 6.45) is 0.540. The van der Waals surface area contributed by atoms with E-state index in [1.165, 1.54) is 0 Å². The maximum Gasteiger partial charge on any atom is 0.217 e. The minimum atomic E-state index is -0.697. The molecule has 2 atom stereocenters. The Morgan fingerprint density at radius 3 is 2.09 bits per heavy atom. The minimum Gasteiger partial charge on any atom is -0.406 e. The molecule has 0 rings (SSSR count). The summed E-state index contributed by atoms with van der Waals surface area (Å²) in [6.45, 7) is 14.0. The van der Waals surface area contributed by atoms with E-state index in [-0.39, 0.29) is 29.4 Å². The van der Waals surface area contributed by atoms with Crippen molar-refractivity contribution in [1.82, 2.24) is 10.5 Å². The molecule has 0 aliphatic rings. The average molecular weight is 314 g/mol. The number of aliphatic hydroxyl groups excluding tert-OH is 2. The highest BCUT2D eigenvalue weighted by molar-refractivity contribution is 6.15. The van der Waals surface area contributed by atoms with Gasteiger partial charge in [-0.25, -0.2) is 0 Å². The van der Waals surface area contributed by atoms with Crippen molar-refractivity contribution in [2.45, 2.75) is 73.1 Å². The zero-order chi connectivity index (χ0) is 17.8. The standard InChI is InChI=1S/C16H35BN2O3/c1-11(12(21)18-16(6,7)8-9-20)14(2,3)10-15(4,5)13(22)19-17/h11-12,18,20-21H,8-10,17H2,1-7H3,(H,19,22). The van der Waals surface area contributed by atoms with Crippen LogP contribution in [0.2, 0.25) is 0 Å². The van der Waals surface area contributed by atoms with Gasteiger partial charge in [-0.15, -0.1) is 0 Å². The van der Waals surface area contributed by atoms with Crippen molar-refractivity contribution < 1.29 is 15.0 Å². The Bertz CT molecular complexity index is 370. The smallest absolute Gasteiger partial charge is 0.217 e. The molecule has 0 radical (unpaired) electrons. The van der Waals surface area contributed by atoms with Gasteiger partial charge in [-0.2, -0.15) is 0 Å². The second-order valence-electron chi connectivity index (χ2n) is 8.36. The van der Waals surface area contributed by atoms with Crippen LogP contribution in [0.25, 0.3) is 0 Å². The third-order valence-corrected chi connectivity index (χ3v) is 4.72. The Labute approximate surface area is 136 Å². The molecule has 0 heterocycles. The average Bonchev–Trinajstić information content (AvgIpc) is 2.34. The number of hydrogen-bond donors (Lipinski definition) is 4. The molecule has 0 spiro atoms. The van der Waals surface area contributed by atoms with Crippen molar-refractivity contribution in [3.8, 4) is 0 Å². The number of rotatable bonds is 9. The highest BCUT2D eigenvalue weighted by atomic mass is 16.3. The zero-order valence-electron chi connectivity index (χ0n) is 15.6. The van der Waals surface area contributed by atoms with E-state index in [0.29, 0.717) is 12.8 Å². The largest absolute Gasteiger partial charge is 0.406 e. The molecule has 22 heavy (non-hydrogen) atoms. The summed E-state index contributed by atoms with van der Waals surface area (Å²) in [5, 5.41) is 25.5. The molecule has 130 valence electrons. The Kier molecular flexibility index (Phi) is 7.59. The zero-order valence-corrected chi connectivity index (χ0v) is 15.6. The summed E-state index contributed by atoms with van der Waals surface area (Å²) in [5.41, 5.74) is -1.06. The Hall–Kier alpha value is -0.585. The number of carbonyl (C=O) groups excluding carboxylic acids is 1. The summed E-state index contributed by atoms with van der Waals surface area (Å²) in [4.78, 5) is 12.0. The number of nitrogens with one attached hydrogen (secondary N) is 2. The highest BCUT2D eigenvalue weighted by Gasteiger charge is 2.40. The molecule has 0 aliphatic carbocycles. The van der Waals surface area contributed by atoms with E-state index in [4.69, 9.17) is 5.11 Å². The van der Waals surface area contributed by atoms with Crippen LogP contribution in [0.15, 0.2) is 0 Å². The molecule has 4 N–H and O–H groups in total. The monoisotopic (exact) mass is 314 g/mol. The van der Waals surface area contributed by atoms with Crippen LogP contribution < -0.4 is 10.5 Å². The molecule has 0 aliphatic heterocycles. The lowest BCUT2D eigenvalue weighted by Gasteiger charge is -2.42. The lowest BCUT2D eigenvalue weighted by Crippen LogP contribution is -2.52. The molecular formula is C16H35BN2O3. The van der Waals surface area contributed by atoms with Gasteiger partial charge in [0.25, 0.3) is 0 Å². The second-order valence-corrected chi connectivity index (χ2v) is 8.36. The van der Waals surface area contributed by atoms with Crippen molar-refractivity contribution in [2.24, 2.45) is 16.7 Å². The Morgan fingerprint density at radius 2 is 1.68 bits per heavy atom. The molecular weight excluding hydrogens is 279 g/mol.